The number of allylic oxidation sites excluding steroid dienone is 2. The summed E-state index contributed by atoms with van der Waals surface area (Å²) in [7, 11) is 1.51. The van der Waals surface area contributed by atoms with E-state index in [2.05, 4.69) is 0 Å². The van der Waals surface area contributed by atoms with E-state index >= 15 is 0 Å². The topological polar surface area (TPSA) is 87.8 Å². The summed E-state index contributed by atoms with van der Waals surface area (Å²) < 4.78 is 15.8. The van der Waals surface area contributed by atoms with Crippen molar-refractivity contribution in [3.8, 4) is 0 Å². The Bertz CT molecular complexity index is 799. The van der Waals surface area contributed by atoms with Crippen LogP contribution in [0, 0.1) is 0 Å². The van der Waals surface area contributed by atoms with Crippen molar-refractivity contribution in [1.82, 2.24) is 0 Å². The van der Waals surface area contributed by atoms with Gasteiger partial charge in [0.2, 0.25) is 5.88 Å². The predicted molar refractivity (Wildman–Crippen MR) is 95.2 cm³/mol. The van der Waals surface area contributed by atoms with Gasteiger partial charge in [-0.1, -0.05) is 29.8 Å². The third kappa shape index (κ3) is 3.48. The van der Waals surface area contributed by atoms with Crippen molar-refractivity contribution in [2.24, 2.45) is 5.73 Å². The van der Waals surface area contributed by atoms with Crippen molar-refractivity contribution >= 4 is 23.4 Å². The minimum atomic E-state index is -0.699. The molecular weight excluding hydrogens is 358 g/mol. The molecule has 3 rings (SSSR count). The van der Waals surface area contributed by atoms with Crippen molar-refractivity contribution in [2.75, 3.05) is 20.3 Å². The van der Waals surface area contributed by atoms with Crippen LogP contribution in [0.3, 0.4) is 0 Å². The number of methoxy groups -OCH3 is 1. The number of benzene rings is 1. The van der Waals surface area contributed by atoms with E-state index in [0.29, 0.717) is 41.2 Å². The summed E-state index contributed by atoms with van der Waals surface area (Å²) in [6.45, 7) is 0.324. The number of hydrogen-bond acceptors (Lipinski definition) is 6. The van der Waals surface area contributed by atoms with E-state index in [-0.39, 0.29) is 30.5 Å². The first kappa shape index (κ1) is 18.5. The molecule has 1 aromatic carbocycles. The van der Waals surface area contributed by atoms with Gasteiger partial charge in [-0.2, -0.15) is 0 Å². The summed E-state index contributed by atoms with van der Waals surface area (Å²) in [5.41, 5.74) is 7.22. The van der Waals surface area contributed by atoms with Crippen LogP contribution in [0.25, 0.3) is 0 Å². The van der Waals surface area contributed by atoms with Crippen LogP contribution in [0.1, 0.15) is 30.7 Å². The number of nitrogens with two attached hydrogens (primary N) is 1. The normalized spacial score (nSPS) is 19.9. The number of rotatable bonds is 5. The highest BCUT2D eigenvalue weighted by atomic mass is 35.5. The summed E-state index contributed by atoms with van der Waals surface area (Å²) >= 11 is 6.37. The lowest BCUT2D eigenvalue weighted by molar-refractivity contribution is -0.140. The van der Waals surface area contributed by atoms with E-state index in [1.54, 1.807) is 24.3 Å². The predicted octanol–water partition coefficient (Wildman–Crippen LogP) is 2.82. The number of ether oxygens (including phenoxy) is 3. The van der Waals surface area contributed by atoms with Gasteiger partial charge >= 0.3 is 5.97 Å². The molecular formula is C19H20ClNO5. The highest BCUT2D eigenvalue weighted by Crippen LogP contribution is 2.45. The fourth-order valence-corrected chi connectivity index (χ4v) is 3.52. The van der Waals surface area contributed by atoms with Gasteiger partial charge in [-0.3, -0.25) is 4.79 Å². The monoisotopic (exact) mass is 377 g/mol. The maximum Gasteiger partial charge on any atom is 0.340 e. The molecule has 0 radical (unpaired) electrons. The number of carbonyl (C=O) groups is 2. The Morgan fingerprint density at radius 3 is 2.81 bits per heavy atom. The summed E-state index contributed by atoms with van der Waals surface area (Å²) in [6.07, 6.45) is 1.68. The number of ketones is 1. The number of esters is 1. The van der Waals surface area contributed by atoms with Crippen LogP contribution in [-0.2, 0) is 23.8 Å². The Hall–Kier alpha value is -2.31. The van der Waals surface area contributed by atoms with Crippen LogP contribution in [0.2, 0.25) is 5.02 Å². The second-order valence-electron chi connectivity index (χ2n) is 6.08. The smallest absolute Gasteiger partial charge is 0.340 e. The third-order valence-electron chi connectivity index (χ3n) is 4.44. The lowest BCUT2D eigenvalue weighted by Gasteiger charge is -2.32. The largest absolute Gasteiger partial charge is 0.460 e. The van der Waals surface area contributed by atoms with E-state index in [9.17, 15) is 9.59 Å². The minimum Gasteiger partial charge on any atom is -0.460 e. The van der Waals surface area contributed by atoms with Crippen LogP contribution >= 0.6 is 11.6 Å². The van der Waals surface area contributed by atoms with Crippen LogP contribution in [0.5, 0.6) is 0 Å². The van der Waals surface area contributed by atoms with Crippen molar-refractivity contribution in [3.05, 3.63) is 57.6 Å². The fourth-order valence-electron chi connectivity index (χ4n) is 3.27. The molecule has 0 spiro atoms. The van der Waals surface area contributed by atoms with E-state index in [1.165, 1.54) is 7.11 Å². The van der Waals surface area contributed by atoms with Gasteiger partial charge in [0, 0.05) is 30.5 Å². The van der Waals surface area contributed by atoms with Crippen LogP contribution in [0.4, 0.5) is 0 Å². The van der Waals surface area contributed by atoms with E-state index in [4.69, 9.17) is 31.5 Å². The molecule has 0 amide bonds. The molecule has 6 nitrogen and oxygen atoms in total. The first-order valence-corrected chi connectivity index (χ1v) is 8.76. The first-order chi connectivity index (χ1) is 12.5. The molecule has 1 aromatic rings. The number of halogens is 1. The second-order valence-corrected chi connectivity index (χ2v) is 6.48. The van der Waals surface area contributed by atoms with Gasteiger partial charge in [0.25, 0.3) is 0 Å². The molecule has 0 saturated carbocycles. The lowest BCUT2D eigenvalue weighted by atomic mass is 9.77. The van der Waals surface area contributed by atoms with Crippen LogP contribution in [-0.4, -0.2) is 32.1 Å². The maximum atomic E-state index is 12.7. The van der Waals surface area contributed by atoms with Gasteiger partial charge in [0.1, 0.15) is 17.9 Å². The average Bonchev–Trinajstić information content (AvgIpc) is 2.61. The van der Waals surface area contributed by atoms with Crippen molar-refractivity contribution < 1.29 is 23.8 Å². The molecule has 0 bridgehead atoms. The molecule has 7 heteroatoms. The van der Waals surface area contributed by atoms with Gasteiger partial charge in [-0.15, -0.1) is 0 Å². The molecule has 2 aliphatic rings. The lowest BCUT2D eigenvalue weighted by Crippen LogP contribution is -2.32. The Labute approximate surface area is 156 Å². The van der Waals surface area contributed by atoms with Crippen molar-refractivity contribution in [3.63, 3.8) is 0 Å². The number of Topliss-reactive ketones (excluding diaryl/α,β-unsaturated/α-hetero) is 1. The first-order valence-electron chi connectivity index (χ1n) is 8.38. The second kappa shape index (κ2) is 7.93. The summed E-state index contributed by atoms with van der Waals surface area (Å²) in [5.74, 6) is -0.946. The minimum absolute atomic E-state index is 0.0502. The molecule has 0 fully saturated rings. The fraction of sp³-hybridized carbons (Fsp3) is 0.368. The third-order valence-corrected chi connectivity index (χ3v) is 4.79. The zero-order valence-corrected chi connectivity index (χ0v) is 15.2. The molecule has 138 valence electrons. The van der Waals surface area contributed by atoms with Gasteiger partial charge in [-0.25, -0.2) is 4.79 Å². The van der Waals surface area contributed by atoms with Gasteiger partial charge in [-0.05, 0) is 18.1 Å². The molecule has 1 aliphatic heterocycles. The Kier molecular flexibility index (Phi) is 5.64. The molecule has 1 aliphatic carbocycles. The standard InChI is InChI=1S/C19H20ClNO5/c1-24-9-10-25-19(23)17-15(11-5-2-3-6-12(11)20)16-13(22)7-4-8-14(16)26-18(17)21/h2-3,5-6,15H,4,7-10,21H2,1H3/t15-/m0/s1. The highest BCUT2D eigenvalue weighted by molar-refractivity contribution is 6.31. The van der Waals surface area contributed by atoms with Crippen molar-refractivity contribution in [2.45, 2.75) is 25.2 Å². The maximum absolute atomic E-state index is 12.7. The van der Waals surface area contributed by atoms with Gasteiger partial charge < -0.3 is 19.9 Å². The Balaban J connectivity index is 2.07. The summed E-state index contributed by atoms with van der Waals surface area (Å²) in [4.78, 5) is 25.3. The molecule has 26 heavy (non-hydrogen) atoms. The molecule has 1 heterocycles. The molecule has 0 aromatic heterocycles. The molecule has 2 N–H and O–H groups in total. The average molecular weight is 378 g/mol. The SMILES string of the molecule is COCCOC(=O)C1=C(N)OC2=C(C(=O)CCC2)[C@@H]1c1ccccc1Cl. The van der Waals surface area contributed by atoms with Crippen molar-refractivity contribution in [1.29, 1.82) is 0 Å². The number of hydrogen-bond donors (Lipinski definition) is 1. The van der Waals surface area contributed by atoms with Gasteiger partial charge in [0.05, 0.1) is 12.5 Å². The summed E-state index contributed by atoms with van der Waals surface area (Å²) in [5, 5.41) is 0.444. The zero-order valence-electron chi connectivity index (χ0n) is 14.4. The molecule has 1 atom stereocenters. The van der Waals surface area contributed by atoms with Crippen LogP contribution in [0.15, 0.2) is 47.1 Å². The van der Waals surface area contributed by atoms with E-state index in [0.717, 1.165) is 0 Å². The Morgan fingerprint density at radius 2 is 2.08 bits per heavy atom. The summed E-state index contributed by atoms with van der Waals surface area (Å²) in [6, 6.07) is 7.07. The van der Waals surface area contributed by atoms with E-state index < -0.39 is 11.9 Å². The Morgan fingerprint density at radius 1 is 1.31 bits per heavy atom. The molecule has 0 saturated heterocycles. The number of carbonyl (C=O) groups excluding carboxylic acids is 2. The van der Waals surface area contributed by atoms with Gasteiger partial charge in [0.15, 0.2) is 5.78 Å². The molecule has 0 unspecified atom stereocenters. The van der Waals surface area contributed by atoms with E-state index in [1.807, 2.05) is 0 Å². The van der Waals surface area contributed by atoms with Crippen LogP contribution < -0.4 is 5.73 Å². The quantitative estimate of drug-likeness (QED) is 0.627. The zero-order chi connectivity index (χ0) is 18.7. The highest BCUT2D eigenvalue weighted by Gasteiger charge is 2.41.